The number of benzene rings is 1. The molecule has 0 aliphatic heterocycles. The van der Waals surface area contributed by atoms with Crippen LogP contribution >= 0.6 is 11.6 Å². The zero-order valence-corrected chi connectivity index (χ0v) is 10.5. The van der Waals surface area contributed by atoms with Gasteiger partial charge in [0.15, 0.2) is 11.5 Å². The van der Waals surface area contributed by atoms with Crippen molar-refractivity contribution in [1.82, 2.24) is 15.0 Å². The highest BCUT2D eigenvalue weighted by Gasteiger charge is 2.06. The molecule has 0 unspecified atom stereocenters. The number of fused-ring (bicyclic) bond motifs is 1. The van der Waals surface area contributed by atoms with Crippen molar-refractivity contribution < 1.29 is 4.42 Å². The predicted octanol–water partition coefficient (Wildman–Crippen LogP) is 3.33. The van der Waals surface area contributed by atoms with Crippen molar-refractivity contribution in [3.8, 4) is 11.3 Å². The number of nitrogens with zero attached hydrogens (tertiary/aromatic N) is 3. The maximum Gasteiger partial charge on any atom is 0.192 e. The second kappa shape index (κ2) is 4.38. The second-order valence-corrected chi connectivity index (χ2v) is 4.17. The summed E-state index contributed by atoms with van der Waals surface area (Å²) in [5.74, 6) is 1.58. The monoisotopic (exact) mass is 259 g/mol. The minimum absolute atomic E-state index is 0.305. The van der Waals surface area contributed by atoms with Crippen LogP contribution in [0.4, 0.5) is 0 Å². The largest absolute Gasteiger partial charge is 0.441 e. The summed E-state index contributed by atoms with van der Waals surface area (Å²) in [6.45, 7) is 1.83. The Bertz CT molecular complexity index is 708. The van der Waals surface area contributed by atoms with Crippen LogP contribution in [0.2, 0.25) is 0 Å². The van der Waals surface area contributed by atoms with E-state index in [0.717, 1.165) is 22.4 Å². The number of rotatable bonds is 2. The zero-order chi connectivity index (χ0) is 12.5. The van der Waals surface area contributed by atoms with Crippen LogP contribution in [0.25, 0.3) is 22.4 Å². The Morgan fingerprint density at radius 1 is 1.22 bits per heavy atom. The lowest BCUT2D eigenvalue weighted by Crippen LogP contribution is -1.92. The number of hydrogen-bond donors (Lipinski definition) is 0. The molecule has 0 saturated carbocycles. The molecule has 0 aliphatic carbocycles. The van der Waals surface area contributed by atoms with E-state index >= 15 is 0 Å². The quantitative estimate of drug-likeness (QED) is 0.663. The summed E-state index contributed by atoms with van der Waals surface area (Å²) in [6, 6.07) is 7.65. The molecule has 5 heteroatoms. The summed E-state index contributed by atoms with van der Waals surface area (Å²) in [5, 5.41) is 0. The molecular weight excluding hydrogens is 250 g/mol. The summed E-state index contributed by atoms with van der Waals surface area (Å²) >= 11 is 5.73. The van der Waals surface area contributed by atoms with Gasteiger partial charge < -0.3 is 4.42 Å². The average molecular weight is 260 g/mol. The van der Waals surface area contributed by atoms with Crippen LogP contribution in [-0.4, -0.2) is 15.0 Å². The summed E-state index contributed by atoms with van der Waals surface area (Å²) < 4.78 is 5.44. The van der Waals surface area contributed by atoms with E-state index in [2.05, 4.69) is 15.0 Å². The number of aryl methyl sites for hydroxylation is 1. The lowest BCUT2D eigenvalue weighted by molar-refractivity contribution is 0.561. The van der Waals surface area contributed by atoms with E-state index in [1.54, 1.807) is 6.20 Å². The first-order valence-corrected chi connectivity index (χ1v) is 6.05. The molecule has 4 nitrogen and oxygen atoms in total. The molecule has 0 N–H and O–H groups in total. The molecule has 0 bridgehead atoms. The lowest BCUT2D eigenvalue weighted by atomic mass is 10.1. The van der Waals surface area contributed by atoms with Crippen LogP contribution < -0.4 is 0 Å². The fourth-order valence-corrected chi connectivity index (χ4v) is 1.95. The van der Waals surface area contributed by atoms with Gasteiger partial charge in [-0.1, -0.05) is 0 Å². The van der Waals surface area contributed by atoms with Gasteiger partial charge in [0.25, 0.3) is 0 Å². The number of halogens is 1. The third-order valence-electron chi connectivity index (χ3n) is 2.62. The van der Waals surface area contributed by atoms with E-state index in [1.165, 1.54) is 0 Å². The Morgan fingerprint density at radius 2 is 2.11 bits per heavy atom. The fraction of sp³-hybridized carbons (Fsp3) is 0.154. The van der Waals surface area contributed by atoms with Gasteiger partial charge in [0.1, 0.15) is 11.3 Å². The SMILES string of the molecule is Cc1nc2cc(-c3ccnc(CCl)n3)ccc2o1. The minimum Gasteiger partial charge on any atom is -0.441 e. The average Bonchev–Trinajstić information content (AvgIpc) is 2.77. The maximum absolute atomic E-state index is 5.73. The Morgan fingerprint density at radius 3 is 2.94 bits per heavy atom. The third-order valence-corrected chi connectivity index (χ3v) is 2.85. The number of alkyl halides is 1. The van der Waals surface area contributed by atoms with Gasteiger partial charge in [-0.25, -0.2) is 15.0 Å². The highest BCUT2D eigenvalue weighted by atomic mass is 35.5. The van der Waals surface area contributed by atoms with Crippen LogP contribution in [0.1, 0.15) is 11.7 Å². The van der Waals surface area contributed by atoms with Crippen molar-refractivity contribution in [2.24, 2.45) is 0 Å². The van der Waals surface area contributed by atoms with Crippen molar-refractivity contribution in [2.75, 3.05) is 0 Å². The lowest BCUT2D eigenvalue weighted by Gasteiger charge is -2.01. The summed E-state index contributed by atoms with van der Waals surface area (Å²) in [7, 11) is 0. The number of oxazole rings is 1. The van der Waals surface area contributed by atoms with E-state index in [1.807, 2.05) is 31.2 Å². The van der Waals surface area contributed by atoms with Crippen molar-refractivity contribution in [3.63, 3.8) is 0 Å². The van der Waals surface area contributed by atoms with Gasteiger partial charge in [0, 0.05) is 18.7 Å². The van der Waals surface area contributed by atoms with Gasteiger partial charge in [0.2, 0.25) is 0 Å². The Hall–Kier alpha value is -1.94. The molecule has 1 aromatic carbocycles. The molecule has 2 heterocycles. The topological polar surface area (TPSA) is 51.8 Å². The smallest absolute Gasteiger partial charge is 0.192 e. The number of aromatic nitrogens is 3. The van der Waals surface area contributed by atoms with Crippen LogP contribution in [0.15, 0.2) is 34.9 Å². The van der Waals surface area contributed by atoms with E-state index in [0.29, 0.717) is 17.6 Å². The van der Waals surface area contributed by atoms with Crippen LogP contribution in [0.3, 0.4) is 0 Å². The summed E-state index contributed by atoms with van der Waals surface area (Å²) in [4.78, 5) is 12.8. The Labute approximate surface area is 109 Å². The van der Waals surface area contributed by atoms with Crippen molar-refractivity contribution in [2.45, 2.75) is 12.8 Å². The van der Waals surface area contributed by atoms with Gasteiger partial charge >= 0.3 is 0 Å². The van der Waals surface area contributed by atoms with Crippen LogP contribution in [0.5, 0.6) is 0 Å². The Balaban J connectivity index is 2.12. The molecular formula is C13H10ClN3O. The zero-order valence-electron chi connectivity index (χ0n) is 9.72. The highest BCUT2D eigenvalue weighted by Crippen LogP contribution is 2.23. The van der Waals surface area contributed by atoms with Gasteiger partial charge in [-0.05, 0) is 24.3 Å². The highest BCUT2D eigenvalue weighted by molar-refractivity contribution is 6.16. The first kappa shape index (κ1) is 11.2. The molecule has 90 valence electrons. The molecule has 0 radical (unpaired) electrons. The Kier molecular flexibility index (Phi) is 2.72. The molecule has 0 fully saturated rings. The van der Waals surface area contributed by atoms with Crippen LogP contribution in [0, 0.1) is 6.92 Å². The second-order valence-electron chi connectivity index (χ2n) is 3.91. The molecule has 3 rings (SSSR count). The molecule has 0 amide bonds. The predicted molar refractivity (Wildman–Crippen MR) is 69.3 cm³/mol. The van der Waals surface area contributed by atoms with Crippen LogP contribution in [-0.2, 0) is 5.88 Å². The van der Waals surface area contributed by atoms with Gasteiger partial charge in [-0.2, -0.15) is 0 Å². The molecule has 18 heavy (non-hydrogen) atoms. The number of hydrogen-bond acceptors (Lipinski definition) is 4. The standard InChI is InChI=1S/C13H10ClN3O/c1-8-16-11-6-9(2-3-12(11)18-8)10-4-5-15-13(7-14)17-10/h2-6H,7H2,1H3. The minimum atomic E-state index is 0.305. The van der Waals surface area contributed by atoms with Crippen molar-refractivity contribution >= 4 is 22.7 Å². The van der Waals surface area contributed by atoms with Crippen molar-refractivity contribution in [1.29, 1.82) is 0 Å². The summed E-state index contributed by atoms with van der Waals surface area (Å²) in [6.07, 6.45) is 1.71. The maximum atomic E-state index is 5.73. The molecule has 0 saturated heterocycles. The van der Waals surface area contributed by atoms with Gasteiger partial charge in [-0.3, -0.25) is 0 Å². The molecule has 0 spiro atoms. The fourth-order valence-electron chi connectivity index (χ4n) is 1.83. The molecule has 2 aromatic heterocycles. The van der Waals surface area contributed by atoms with E-state index < -0.39 is 0 Å². The van der Waals surface area contributed by atoms with Gasteiger partial charge in [0.05, 0.1) is 11.6 Å². The molecule has 3 aromatic rings. The summed E-state index contributed by atoms with van der Waals surface area (Å²) in [5.41, 5.74) is 3.42. The normalized spacial score (nSPS) is 11.0. The van der Waals surface area contributed by atoms with Gasteiger partial charge in [-0.15, -0.1) is 11.6 Å². The first-order chi connectivity index (χ1) is 8.76. The third kappa shape index (κ3) is 1.95. The van der Waals surface area contributed by atoms with E-state index in [4.69, 9.17) is 16.0 Å². The first-order valence-electron chi connectivity index (χ1n) is 5.52. The molecule has 0 atom stereocenters. The van der Waals surface area contributed by atoms with E-state index in [-0.39, 0.29) is 0 Å². The van der Waals surface area contributed by atoms with E-state index in [9.17, 15) is 0 Å². The molecule has 0 aliphatic rings. The van der Waals surface area contributed by atoms with Crippen molar-refractivity contribution in [3.05, 3.63) is 42.2 Å².